The van der Waals surface area contributed by atoms with Crippen LogP contribution >= 0.6 is 27.7 Å². The van der Waals surface area contributed by atoms with Crippen LogP contribution in [0.3, 0.4) is 0 Å². The molecule has 3 aromatic rings. The minimum absolute atomic E-state index is 0.0554. The van der Waals surface area contributed by atoms with Gasteiger partial charge in [-0.25, -0.2) is 0 Å². The fourth-order valence-electron chi connectivity index (χ4n) is 7.15. The zero-order chi connectivity index (χ0) is 30.5. The number of anilines is 2. The van der Waals surface area contributed by atoms with E-state index in [-0.39, 0.29) is 40.3 Å². The lowest BCUT2D eigenvalue weighted by Crippen LogP contribution is -2.56. The van der Waals surface area contributed by atoms with Gasteiger partial charge in [0.15, 0.2) is 0 Å². The van der Waals surface area contributed by atoms with Crippen LogP contribution in [0, 0.1) is 17.8 Å². The third-order valence-electron chi connectivity index (χ3n) is 9.04. The molecule has 6 rings (SSSR count). The summed E-state index contributed by atoms with van der Waals surface area (Å²) in [5.41, 5.74) is 1.25. The van der Waals surface area contributed by atoms with Gasteiger partial charge in [0.25, 0.3) is 0 Å². The van der Waals surface area contributed by atoms with Crippen molar-refractivity contribution in [3.63, 3.8) is 0 Å². The van der Waals surface area contributed by atoms with Crippen molar-refractivity contribution in [3.8, 4) is 5.75 Å². The first-order valence-electron chi connectivity index (χ1n) is 14.8. The maximum absolute atomic E-state index is 14.4. The summed E-state index contributed by atoms with van der Waals surface area (Å²) in [5, 5.41) is 18.5. The van der Waals surface area contributed by atoms with E-state index in [2.05, 4.69) is 26.6 Å². The zero-order valence-electron chi connectivity index (χ0n) is 24.3. The molecule has 226 valence electrons. The van der Waals surface area contributed by atoms with Crippen LogP contribution in [0.5, 0.6) is 5.75 Å². The minimum atomic E-state index is -0.852. The molecule has 3 aliphatic heterocycles. The minimum Gasteiger partial charge on any atom is -0.494 e. The summed E-state index contributed by atoms with van der Waals surface area (Å²) in [6.07, 6.45) is 0.564. The van der Waals surface area contributed by atoms with Crippen molar-refractivity contribution in [2.24, 2.45) is 17.8 Å². The molecule has 10 heteroatoms. The van der Waals surface area contributed by atoms with E-state index in [0.717, 1.165) is 10.8 Å². The molecule has 8 nitrogen and oxygen atoms in total. The van der Waals surface area contributed by atoms with Crippen LogP contribution in [-0.4, -0.2) is 67.8 Å². The van der Waals surface area contributed by atoms with Crippen LogP contribution in [-0.2, 0) is 14.4 Å². The molecule has 0 radical (unpaired) electrons. The third kappa shape index (κ3) is 5.11. The molecule has 3 aromatic carbocycles. The van der Waals surface area contributed by atoms with Crippen molar-refractivity contribution in [2.75, 3.05) is 23.8 Å². The summed E-state index contributed by atoms with van der Waals surface area (Å²) in [6, 6.07) is 19.4. The van der Waals surface area contributed by atoms with Crippen molar-refractivity contribution >= 4 is 67.6 Å². The number of likely N-dealkylation sites (tertiary alicyclic amines) is 1. The van der Waals surface area contributed by atoms with Gasteiger partial charge in [0.2, 0.25) is 17.7 Å². The Labute approximate surface area is 264 Å². The molecule has 7 atom stereocenters. The molecule has 0 aromatic heterocycles. The number of nitrogens with one attached hydrogen (secondary N) is 2. The van der Waals surface area contributed by atoms with E-state index in [1.807, 2.05) is 63.2 Å². The lowest BCUT2D eigenvalue weighted by Gasteiger charge is -2.38. The van der Waals surface area contributed by atoms with Crippen molar-refractivity contribution in [3.05, 3.63) is 66.7 Å². The molecule has 3 amide bonds. The lowest BCUT2D eigenvalue weighted by molar-refractivity contribution is -0.142. The summed E-state index contributed by atoms with van der Waals surface area (Å²) in [7, 11) is 0. The highest BCUT2D eigenvalue weighted by molar-refractivity contribution is 9.09. The quantitative estimate of drug-likeness (QED) is 0.268. The Balaban J connectivity index is 1.34. The van der Waals surface area contributed by atoms with Gasteiger partial charge in [-0.15, -0.1) is 11.8 Å². The molecule has 43 heavy (non-hydrogen) atoms. The van der Waals surface area contributed by atoms with Crippen LogP contribution in [0.15, 0.2) is 66.7 Å². The zero-order valence-corrected chi connectivity index (χ0v) is 26.7. The Morgan fingerprint density at radius 1 is 1.05 bits per heavy atom. The molecule has 3 fully saturated rings. The summed E-state index contributed by atoms with van der Waals surface area (Å²) < 4.78 is 4.70. The number of aliphatic hydroxyl groups excluding tert-OH is 1. The van der Waals surface area contributed by atoms with Crippen molar-refractivity contribution in [1.82, 2.24) is 4.90 Å². The number of thioether (sulfide) groups is 1. The molecule has 3 N–H and O–H groups in total. The standard InChI is InChI=1S/C33H36BrN3O5S/c1-4-42-23-13-11-21(12-14-23)35-30(39)26-27-32(41)37(25(17-38)18(2)3)29(33(27)16-24(34)28(26)43-33)31(40)36-22-10-9-19-7-5-6-8-20(19)15-22/h5-15,18,24-29,38H,4,16-17H2,1-3H3,(H,35,39)(H,36,40)/t24?,25-,26+,27-,28+,29?,33?/m0/s1. The van der Waals surface area contributed by atoms with Gasteiger partial charge in [0.05, 0.1) is 35.8 Å². The van der Waals surface area contributed by atoms with Crippen LogP contribution in [0.25, 0.3) is 10.8 Å². The van der Waals surface area contributed by atoms with Gasteiger partial charge in [-0.05, 0) is 66.4 Å². The highest BCUT2D eigenvalue weighted by atomic mass is 79.9. The van der Waals surface area contributed by atoms with E-state index in [0.29, 0.717) is 30.2 Å². The SMILES string of the molecule is CCOc1ccc(NC(=O)[C@H]2[C@@H]3SC4(CC3Br)C(C(=O)Nc3ccc5ccccc5c3)N([C@@H](CO)C(C)C)C(=O)[C@H]24)cc1. The number of benzene rings is 3. The number of carbonyl (C=O) groups is 3. The summed E-state index contributed by atoms with van der Waals surface area (Å²) >= 11 is 5.39. The maximum atomic E-state index is 14.4. The molecule has 3 saturated heterocycles. The van der Waals surface area contributed by atoms with Crippen molar-refractivity contribution in [1.29, 1.82) is 0 Å². The largest absolute Gasteiger partial charge is 0.494 e. The van der Waals surface area contributed by atoms with Gasteiger partial charge in [-0.3, -0.25) is 14.4 Å². The van der Waals surface area contributed by atoms with Gasteiger partial charge < -0.3 is 25.4 Å². The number of halogens is 1. The second-order valence-corrected chi connectivity index (χ2v) is 14.6. The molecule has 3 aliphatic rings. The van der Waals surface area contributed by atoms with Gasteiger partial charge in [0.1, 0.15) is 11.8 Å². The van der Waals surface area contributed by atoms with Crippen LogP contribution in [0.4, 0.5) is 11.4 Å². The number of hydrogen-bond acceptors (Lipinski definition) is 6. The topological polar surface area (TPSA) is 108 Å². The third-order valence-corrected chi connectivity index (χ3v) is 12.3. The number of aliphatic hydroxyl groups is 1. The maximum Gasteiger partial charge on any atom is 0.248 e. The Hall–Kier alpha value is -3.08. The Morgan fingerprint density at radius 3 is 2.40 bits per heavy atom. The first-order valence-corrected chi connectivity index (χ1v) is 16.6. The predicted molar refractivity (Wildman–Crippen MR) is 174 cm³/mol. The van der Waals surface area contributed by atoms with E-state index in [9.17, 15) is 19.5 Å². The number of nitrogens with zero attached hydrogens (tertiary/aromatic N) is 1. The summed E-state index contributed by atoms with van der Waals surface area (Å²) in [6.45, 7) is 6.05. The molecule has 2 bridgehead atoms. The highest BCUT2D eigenvalue weighted by Crippen LogP contribution is 2.68. The molecular formula is C33H36BrN3O5S. The average molecular weight is 667 g/mol. The highest BCUT2D eigenvalue weighted by Gasteiger charge is 2.76. The van der Waals surface area contributed by atoms with E-state index in [1.54, 1.807) is 40.9 Å². The number of rotatable bonds is 9. The van der Waals surface area contributed by atoms with Gasteiger partial charge in [0, 0.05) is 21.5 Å². The van der Waals surface area contributed by atoms with E-state index in [4.69, 9.17) is 4.74 Å². The number of amides is 3. The average Bonchev–Trinajstić information content (AvgIpc) is 3.58. The first-order chi connectivity index (χ1) is 20.7. The van der Waals surface area contributed by atoms with E-state index in [1.165, 1.54) is 0 Å². The normalized spacial score (nSPS) is 28.3. The predicted octanol–water partition coefficient (Wildman–Crippen LogP) is 5.30. The molecule has 3 heterocycles. The molecular weight excluding hydrogens is 630 g/mol. The van der Waals surface area contributed by atoms with E-state index >= 15 is 0 Å². The summed E-state index contributed by atoms with van der Waals surface area (Å²) in [5.74, 6) is -1.52. The van der Waals surface area contributed by atoms with Crippen LogP contribution in [0.2, 0.25) is 0 Å². The lowest BCUT2D eigenvalue weighted by atomic mass is 9.70. The van der Waals surface area contributed by atoms with E-state index < -0.39 is 28.7 Å². The molecule has 3 unspecified atom stereocenters. The van der Waals surface area contributed by atoms with Gasteiger partial charge >= 0.3 is 0 Å². The Kier molecular flexibility index (Phi) is 8.21. The van der Waals surface area contributed by atoms with Gasteiger partial charge in [-0.2, -0.15) is 0 Å². The fraction of sp³-hybridized carbons (Fsp3) is 0.424. The van der Waals surface area contributed by atoms with Crippen LogP contribution in [0.1, 0.15) is 27.2 Å². The Bertz CT molecular complexity index is 1550. The summed E-state index contributed by atoms with van der Waals surface area (Å²) in [4.78, 5) is 44.2. The monoisotopic (exact) mass is 665 g/mol. The second-order valence-electron chi connectivity index (χ2n) is 11.9. The number of fused-ring (bicyclic) bond motifs is 2. The van der Waals surface area contributed by atoms with Crippen molar-refractivity contribution < 1.29 is 24.2 Å². The second kappa shape index (κ2) is 11.8. The van der Waals surface area contributed by atoms with Crippen molar-refractivity contribution in [2.45, 2.75) is 54.1 Å². The Morgan fingerprint density at radius 2 is 1.72 bits per heavy atom. The molecule has 0 saturated carbocycles. The fourth-order valence-corrected chi connectivity index (χ4v) is 10.7. The number of ether oxygens (including phenoxy) is 1. The van der Waals surface area contributed by atoms with Gasteiger partial charge in [-0.1, -0.05) is 60.1 Å². The smallest absolute Gasteiger partial charge is 0.248 e. The number of alkyl halides is 1. The number of hydrogen-bond donors (Lipinski definition) is 3. The molecule has 1 spiro atoms. The first kappa shape index (κ1) is 30.0. The van der Waals surface area contributed by atoms with Crippen LogP contribution < -0.4 is 15.4 Å². The molecule has 0 aliphatic carbocycles. The number of carbonyl (C=O) groups excluding carboxylic acids is 3.